The number of nitrogens with one attached hydrogen (secondary N) is 1. The van der Waals surface area contributed by atoms with Gasteiger partial charge in [-0.25, -0.2) is 9.18 Å². The number of aryl methyl sites for hydroxylation is 1. The summed E-state index contributed by atoms with van der Waals surface area (Å²) in [6.07, 6.45) is 2.05. The van der Waals surface area contributed by atoms with Crippen LogP contribution in [-0.2, 0) is 14.3 Å². The van der Waals surface area contributed by atoms with Crippen molar-refractivity contribution in [2.45, 2.75) is 6.92 Å². The number of amides is 1. The molecular weight excluding hydrogens is 379 g/mol. The zero-order valence-electron chi connectivity index (χ0n) is 14.1. The molecule has 2 rings (SSSR count). The predicted octanol–water partition coefficient (Wildman–Crippen LogP) is 3.89. The van der Waals surface area contributed by atoms with Crippen molar-refractivity contribution in [1.29, 1.82) is 0 Å². The number of nitro groups is 1. The molecule has 27 heavy (non-hydrogen) atoms. The average Bonchev–Trinajstić information content (AvgIpc) is 2.61. The maximum atomic E-state index is 13.6. The molecule has 0 aliphatic carbocycles. The van der Waals surface area contributed by atoms with Crippen LogP contribution in [0.25, 0.3) is 6.08 Å². The van der Waals surface area contributed by atoms with Gasteiger partial charge in [0.25, 0.3) is 11.6 Å². The third kappa shape index (κ3) is 5.35. The fourth-order valence-corrected chi connectivity index (χ4v) is 2.37. The van der Waals surface area contributed by atoms with Crippen LogP contribution in [0.3, 0.4) is 0 Å². The van der Waals surface area contributed by atoms with Gasteiger partial charge in [0.1, 0.15) is 11.5 Å². The number of rotatable bonds is 6. The van der Waals surface area contributed by atoms with E-state index >= 15 is 0 Å². The highest BCUT2D eigenvalue weighted by atomic mass is 35.5. The number of nitrogens with zero attached hydrogens (tertiary/aromatic N) is 1. The van der Waals surface area contributed by atoms with E-state index in [4.69, 9.17) is 16.3 Å². The molecule has 0 aliphatic rings. The van der Waals surface area contributed by atoms with Gasteiger partial charge in [0, 0.05) is 17.7 Å². The lowest BCUT2D eigenvalue weighted by Gasteiger charge is -2.08. The highest BCUT2D eigenvalue weighted by Crippen LogP contribution is 2.27. The topological polar surface area (TPSA) is 98.5 Å². The Morgan fingerprint density at radius 1 is 1.30 bits per heavy atom. The number of hydrogen-bond acceptors (Lipinski definition) is 5. The second-order valence-electron chi connectivity index (χ2n) is 5.35. The van der Waals surface area contributed by atoms with E-state index < -0.39 is 29.2 Å². The van der Waals surface area contributed by atoms with Crippen LogP contribution in [0.15, 0.2) is 42.5 Å². The number of halogens is 2. The molecule has 0 radical (unpaired) electrons. The number of benzene rings is 2. The van der Waals surface area contributed by atoms with Crippen molar-refractivity contribution in [3.8, 4) is 0 Å². The number of esters is 1. The summed E-state index contributed by atoms with van der Waals surface area (Å²) < 4.78 is 18.3. The predicted molar refractivity (Wildman–Crippen MR) is 97.9 cm³/mol. The third-order valence-corrected chi connectivity index (χ3v) is 3.77. The van der Waals surface area contributed by atoms with E-state index in [1.807, 2.05) is 0 Å². The van der Waals surface area contributed by atoms with Crippen LogP contribution in [0.2, 0.25) is 5.02 Å². The zero-order chi connectivity index (χ0) is 20.0. The Morgan fingerprint density at radius 2 is 2.00 bits per heavy atom. The summed E-state index contributed by atoms with van der Waals surface area (Å²) in [5, 5.41) is 13.5. The van der Waals surface area contributed by atoms with Crippen LogP contribution in [-0.4, -0.2) is 23.4 Å². The summed E-state index contributed by atoms with van der Waals surface area (Å²) in [5.41, 5.74) is 0.245. The van der Waals surface area contributed by atoms with Gasteiger partial charge >= 0.3 is 5.97 Å². The highest BCUT2D eigenvalue weighted by Gasteiger charge is 2.18. The number of anilines is 1. The highest BCUT2D eigenvalue weighted by molar-refractivity contribution is 6.32. The van der Waals surface area contributed by atoms with Crippen LogP contribution in [0.1, 0.15) is 11.1 Å². The smallest absolute Gasteiger partial charge is 0.331 e. The minimum Gasteiger partial charge on any atom is -0.452 e. The minimum atomic E-state index is -0.899. The lowest BCUT2D eigenvalue weighted by atomic mass is 10.1. The lowest BCUT2D eigenvalue weighted by molar-refractivity contribution is -0.384. The van der Waals surface area contributed by atoms with Gasteiger partial charge in [-0.05, 0) is 30.7 Å². The standard InChI is InChI=1S/C18H14ClFN2O5/c1-11-4-2-7-15(22(25)26)18(11)21-16(23)10-27-17(24)9-8-12-13(19)5-3-6-14(12)20/h2-9H,10H2,1H3,(H,21,23)/b9-8+. The lowest BCUT2D eigenvalue weighted by Crippen LogP contribution is -2.21. The largest absolute Gasteiger partial charge is 0.452 e. The van der Waals surface area contributed by atoms with E-state index in [9.17, 15) is 24.1 Å². The molecule has 140 valence electrons. The Hall–Kier alpha value is -3.26. The van der Waals surface area contributed by atoms with Gasteiger partial charge in [-0.2, -0.15) is 0 Å². The molecule has 0 fully saturated rings. The van der Waals surface area contributed by atoms with E-state index in [1.54, 1.807) is 13.0 Å². The van der Waals surface area contributed by atoms with E-state index in [0.29, 0.717) is 5.56 Å². The molecule has 1 amide bonds. The van der Waals surface area contributed by atoms with Crippen LogP contribution >= 0.6 is 11.6 Å². The van der Waals surface area contributed by atoms with Gasteiger partial charge in [-0.1, -0.05) is 29.8 Å². The SMILES string of the molecule is Cc1cccc([N+](=O)[O-])c1NC(=O)COC(=O)/C=C/c1c(F)cccc1Cl. The first-order valence-electron chi connectivity index (χ1n) is 7.62. The first-order valence-corrected chi connectivity index (χ1v) is 8.00. The molecule has 0 bridgehead atoms. The zero-order valence-corrected chi connectivity index (χ0v) is 14.8. The van der Waals surface area contributed by atoms with Gasteiger partial charge in [-0.3, -0.25) is 14.9 Å². The van der Waals surface area contributed by atoms with E-state index in [-0.39, 0.29) is 22.0 Å². The molecule has 0 heterocycles. The summed E-state index contributed by atoms with van der Waals surface area (Å²) in [5.74, 6) is -2.27. The van der Waals surface area contributed by atoms with Crippen molar-refractivity contribution in [2.24, 2.45) is 0 Å². The van der Waals surface area contributed by atoms with Crippen molar-refractivity contribution in [2.75, 3.05) is 11.9 Å². The Morgan fingerprint density at radius 3 is 2.67 bits per heavy atom. The molecule has 9 heteroatoms. The number of carbonyl (C=O) groups is 2. The molecule has 1 N–H and O–H groups in total. The molecule has 0 saturated carbocycles. The van der Waals surface area contributed by atoms with Crippen LogP contribution in [0.5, 0.6) is 0 Å². The van der Waals surface area contributed by atoms with Gasteiger partial charge < -0.3 is 10.1 Å². The van der Waals surface area contributed by atoms with Gasteiger partial charge in [0.05, 0.1) is 9.95 Å². The second-order valence-corrected chi connectivity index (χ2v) is 5.76. The van der Waals surface area contributed by atoms with Gasteiger partial charge in [-0.15, -0.1) is 0 Å². The van der Waals surface area contributed by atoms with E-state index in [0.717, 1.165) is 12.2 Å². The molecular formula is C18H14ClFN2O5. The number of nitro benzene ring substituents is 1. The average molecular weight is 393 g/mol. The minimum absolute atomic E-state index is 0.0103. The molecule has 2 aromatic rings. The maximum absolute atomic E-state index is 13.6. The second kappa shape index (κ2) is 8.91. The van der Waals surface area contributed by atoms with Crippen molar-refractivity contribution in [1.82, 2.24) is 0 Å². The summed E-state index contributed by atoms with van der Waals surface area (Å²) >= 11 is 5.82. The number of hydrogen-bond donors (Lipinski definition) is 1. The first kappa shape index (κ1) is 20.1. The molecule has 2 aromatic carbocycles. The van der Waals surface area contributed by atoms with Crippen LogP contribution in [0, 0.1) is 22.9 Å². The molecule has 0 atom stereocenters. The number of ether oxygens (including phenoxy) is 1. The Balaban J connectivity index is 1.97. The van der Waals surface area contributed by atoms with Gasteiger partial charge in [0.15, 0.2) is 6.61 Å². The Kier molecular flexibility index (Phi) is 6.62. The van der Waals surface area contributed by atoms with Crippen molar-refractivity contribution < 1.29 is 23.6 Å². The quantitative estimate of drug-likeness (QED) is 0.348. The fraction of sp³-hybridized carbons (Fsp3) is 0.111. The van der Waals surface area contributed by atoms with Crippen molar-refractivity contribution in [3.05, 3.63) is 74.6 Å². The van der Waals surface area contributed by atoms with E-state index in [2.05, 4.69) is 5.32 Å². The molecule has 0 aliphatic heterocycles. The molecule has 0 saturated heterocycles. The van der Waals surface area contributed by atoms with Crippen molar-refractivity contribution in [3.63, 3.8) is 0 Å². The number of carbonyl (C=O) groups excluding carboxylic acids is 2. The number of para-hydroxylation sites is 1. The Bertz CT molecular complexity index is 910. The molecule has 7 nitrogen and oxygen atoms in total. The Labute approximate surface area is 158 Å². The maximum Gasteiger partial charge on any atom is 0.331 e. The van der Waals surface area contributed by atoms with Crippen molar-refractivity contribution >= 4 is 40.9 Å². The first-order chi connectivity index (χ1) is 12.8. The third-order valence-electron chi connectivity index (χ3n) is 3.44. The summed E-state index contributed by atoms with van der Waals surface area (Å²) in [7, 11) is 0. The molecule has 0 spiro atoms. The van der Waals surface area contributed by atoms with E-state index in [1.165, 1.54) is 30.3 Å². The monoisotopic (exact) mass is 392 g/mol. The van der Waals surface area contributed by atoms with Gasteiger partial charge in [0.2, 0.25) is 0 Å². The van der Waals surface area contributed by atoms with Crippen LogP contribution < -0.4 is 5.32 Å². The fourth-order valence-electron chi connectivity index (χ4n) is 2.15. The van der Waals surface area contributed by atoms with Crippen LogP contribution in [0.4, 0.5) is 15.8 Å². The normalized spacial score (nSPS) is 10.6. The summed E-state index contributed by atoms with van der Waals surface area (Å²) in [6, 6.07) is 8.38. The summed E-state index contributed by atoms with van der Waals surface area (Å²) in [6.45, 7) is 0.926. The summed E-state index contributed by atoms with van der Waals surface area (Å²) in [4.78, 5) is 34.0. The molecule has 0 aromatic heterocycles. The molecule has 0 unspecified atom stereocenters.